The van der Waals surface area contributed by atoms with E-state index in [1.54, 1.807) is 13.3 Å². The first kappa shape index (κ1) is 7.09. The van der Waals surface area contributed by atoms with Crippen LogP contribution in [0.25, 0.3) is 10.9 Å². The van der Waals surface area contributed by atoms with Gasteiger partial charge < -0.3 is 4.74 Å². The molecular weight excluding hydrogens is 154 g/mol. The van der Waals surface area contributed by atoms with Gasteiger partial charge in [-0.3, -0.25) is 5.10 Å². The standard InChI is InChI=1S/C8H9N3O/c1-5-6-3-4-9-8(12-2)7(6)11-10-5/h3-4H,1-2H3,(H,10,11). The smallest absolute Gasteiger partial charge is 0.242 e. The van der Waals surface area contributed by atoms with Crippen LogP contribution in [0.15, 0.2) is 12.3 Å². The number of H-pyrrole nitrogens is 1. The maximum absolute atomic E-state index is 5.05. The number of aromatic nitrogens is 3. The largest absolute Gasteiger partial charge is 0.479 e. The molecule has 1 N–H and O–H groups in total. The zero-order chi connectivity index (χ0) is 8.55. The van der Waals surface area contributed by atoms with E-state index in [-0.39, 0.29) is 0 Å². The summed E-state index contributed by atoms with van der Waals surface area (Å²) in [5.41, 5.74) is 1.82. The number of aryl methyl sites for hydroxylation is 1. The first-order valence-electron chi connectivity index (χ1n) is 3.66. The molecule has 4 heteroatoms. The van der Waals surface area contributed by atoms with Gasteiger partial charge in [0.25, 0.3) is 0 Å². The first-order valence-corrected chi connectivity index (χ1v) is 3.66. The number of nitrogens with one attached hydrogen (secondary N) is 1. The van der Waals surface area contributed by atoms with E-state index in [1.165, 1.54) is 0 Å². The van der Waals surface area contributed by atoms with Gasteiger partial charge in [0.15, 0.2) is 5.52 Å². The minimum absolute atomic E-state index is 0.567. The number of aromatic amines is 1. The molecule has 0 fully saturated rings. The fourth-order valence-electron chi connectivity index (χ4n) is 1.19. The predicted octanol–water partition coefficient (Wildman–Crippen LogP) is 1.27. The molecule has 2 heterocycles. The van der Waals surface area contributed by atoms with Crippen LogP contribution in [0.4, 0.5) is 0 Å². The Labute approximate surface area is 69.6 Å². The van der Waals surface area contributed by atoms with E-state index < -0.39 is 0 Å². The molecule has 0 bridgehead atoms. The molecule has 2 aromatic heterocycles. The Balaban J connectivity index is 2.81. The second-order valence-corrected chi connectivity index (χ2v) is 2.57. The van der Waals surface area contributed by atoms with Crippen LogP contribution in [0.3, 0.4) is 0 Å². The van der Waals surface area contributed by atoms with Crippen LogP contribution < -0.4 is 4.74 Å². The third kappa shape index (κ3) is 0.845. The molecule has 0 saturated heterocycles. The van der Waals surface area contributed by atoms with Crippen molar-refractivity contribution in [2.45, 2.75) is 6.92 Å². The van der Waals surface area contributed by atoms with Gasteiger partial charge in [0.05, 0.1) is 7.11 Å². The predicted molar refractivity (Wildman–Crippen MR) is 45.2 cm³/mol. The third-order valence-corrected chi connectivity index (χ3v) is 1.82. The van der Waals surface area contributed by atoms with Crippen molar-refractivity contribution in [1.29, 1.82) is 0 Å². The van der Waals surface area contributed by atoms with Crippen LogP contribution in [0, 0.1) is 6.92 Å². The molecule has 0 saturated carbocycles. The minimum Gasteiger partial charge on any atom is -0.479 e. The number of hydrogen-bond acceptors (Lipinski definition) is 3. The number of nitrogens with zero attached hydrogens (tertiary/aromatic N) is 2. The van der Waals surface area contributed by atoms with Crippen molar-refractivity contribution in [2.24, 2.45) is 0 Å². The van der Waals surface area contributed by atoms with Crippen LogP contribution in [0.2, 0.25) is 0 Å². The molecule has 0 aliphatic rings. The van der Waals surface area contributed by atoms with Crippen molar-refractivity contribution >= 4 is 10.9 Å². The average Bonchev–Trinajstić information content (AvgIpc) is 2.48. The number of rotatable bonds is 1. The molecule has 62 valence electrons. The van der Waals surface area contributed by atoms with E-state index in [4.69, 9.17) is 4.74 Å². The molecule has 0 spiro atoms. The zero-order valence-corrected chi connectivity index (χ0v) is 6.96. The topological polar surface area (TPSA) is 50.8 Å². The van der Waals surface area contributed by atoms with Gasteiger partial charge in [0.2, 0.25) is 5.88 Å². The Morgan fingerprint density at radius 2 is 2.33 bits per heavy atom. The van der Waals surface area contributed by atoms with Crippen LogP contribution in [0.1, 0.15) is 5.69 Å². The Hall–Kier alpha value is -1.58. The number of fused-ring (bicyclic) bond motifs is 1. The van der Waals surface area contributed by atoms with Crippen molar-refractivity contribution in [1.82, 2.24) is 15.2 Å². The molecule has 2 rings (SSSR count). The summed E-state index contributed by atoms with van der Waals surface area (Å²) < 4.78 is 5.05. The lowest BCUT2D eigenvalue weighted by molar-refractivity contribution is 0.402. The highest BCUT2D eigenvalue weighted by molar-refractivity contribution is 5.84. The van der Waals surface area contributed by atoms with Gasteiger partial charge in [0, 0.05) is 17.3 Å². The highest BCUT2D eigenvalue weighted by atomic mass is 16.5. The number of methoxy groups -OCH3 is 1. The summed E-state index contributed by atoms with van der Waals surface area (Å²) in [6, 6.07) is 1.91. The molecule has 0 aliphatic carbocycles. The van der Waals surface area contributed by atoms with Crippen LogP contribution in [0.5, 0.6) is 5.88 Å². The Bertz CT molecular complexity index is 408. The molecule has 0 aromatic carbocycles. The zero-order valence-electron chi connectivity index (χ0n) is 6.96. The molecule has 0 atom stereocenters. The van der Waals surface area contributed by atoms with Crippen molar-refractivity contribution in [3.8, 4) is 5.88 Å². The molecular formula is C8H9N3O. The van der Waals surface area contributed by atoms with Crippen molar-refractivity contribution < 1.29 is 4.74 Å². The van der Waals surface area contributed by atoms with E-state index in [0.717, 1.165) is 16.6 Å². The molecule has 0 amide bonds. The fourth-order valence-corrected chi connectivity index (χ4v) is 1.19. The number of hydrogen-bond donors (Lipinski definition) is 1. The Morgan fingerprint density at radius 3 is 3.08 bits per heavy atom. The molecule has 4 nitrogen and oxygen atoms in total. The highest BCUT2D eigenvalue weighted by Gasteiger charge is 2.06. The SMILES string of the molecule is COc1nccc2c(C)[nH]nc12. The lowest BCUT2D eigenvalue weighted by Crippen LogP contribution is -1.87. The van der Waals surface area contributed by atoms with Gasteiger partial charge in [-0.1, -0.05) is 0 Å². The quantitative estimate of drug-likeness (QED) is 0.688. The number of pyridine rings is 1. The van der Waals surface area contributed by atoms with E-state index in [9.17, 15) is 0 Å². The van der Waals surface area contributed by atoms with Gasteiger partial charge in [0.1, 0.15) is 0 Å². The molecule has 0 aliphatic heterocycles. The summed E-state index contributed by atoms with van der Waals surface area (Å²) in [5.74, 6) is 0.567. The van der Waals surface area contributed by atoms with Crippen molar-refractivity contribution in [3.63, 3.8) is 0 Å². The van der Waals surface area contributed by atoms with Crippen LogP contribution in [-0.4, -0.2) is 22.3 Å². The fraction of sp³-hybridized carbons (Fsp3) is 0.250. The summed E-state index contributed by atoms with van der Waals surface area (Å²) in [6.45, 7) is 1.97. The van der Waals surface area contributed by atoms with Crippen LogP contribution in [-0.2, 0) is 0 Å². The van der Waals surface area contributed by atoms with Crippen molar-refractivity contribution in [2.75, 3.05) is 7.11 Å². The highest BCUT2D eigenvalue weighted by Crippen LogP contribution is 2.21. The molecule has 0 unspecified atom stereocenters. The third-order valence-electron chi connectivity index (χ3n) is 1.82. The maximum Gasteiger partial charge on any atom is 0.242 e. The molecule has 12 heavy (non-hydrogen) atoms. The first-order chi connectivity index (χ1) is 5.83. The second kappa shape index (κ2) is 2.48. The van der Waals surface area contributed by atoms with Gasteiger partial charge in [-0.2, -0.15) is 5.10 Å². The lowest BCUT2D eigenvalue weighted by atomic mass is 10.2. The van der Waals surface area contributed by atoms with E-state index in [0.29, 0.717) is 5.88 Å². The summed E-state index contributed by atoms with van der Waals surface area (Å²) >= 11 is 0. The normalized spacial score (nSPS) is 10.5. The Kier molecular flexibility index (Phi) is 1.46. The van der Waals surface area contributed by atoms with Gasteiger partial charge in [-0.15, -0.1) is 0 Å². The van der Waals surface area contributed by atoms with Gasteiger partial charge in [-0.05, 0) is 13.0 Å². The summed E-state index contributed by atoms with van der Waals surface area (Å²) in [4.78, 5) is 4.03. The lowest BCUT2D eigenvalue weighted by Gasteiger charge is -1.96. The number of ether oxygens (including phenoxy) is 1. The van der Waals surface area contributed by atoms with Gasteiger partial charge >= 0.3 is 0 Å². The maximum atomic E-state index is 5.05. The minimum atomic E-state index is 0.567. The summed E-state index contributed by atoms with van der Waals surface area (Å²) in [6.07, 6.45) is 1.71. The van der Waals surface area contributed by atoms with E-state index in [1.807, 2.05) is 13.0 Å². The van der Waals surface area contributed by atoms with Crippen LogP contribution >= 0.6 is 0 Å². The average molecular weight is 163 g/mol. The molecule has 2 aromatic rings. The monoisotopic (exact) mass is 163 g/mol. The summed E-state index contributed by atoms with van der Waals surface area (Å²) in [7, 11) is 1.59. The van der Waals surface area contributed by atoms with Crippen molar-refractivity contribution in [3.05, 3.63) is 18.0 Å². The Morgan fingerprint density at radius 1 is 1.50 bits per heavy atom. The van der Waals surface area contributed by atoms with E-state index >= 15 is 0 Å². The van der Waals surface area contributed by atoms with E-state index in [2.05, 4.69) is 15.2 Å². The summed E-state index contributed by atoms with van der Waals surface area (Å²) in [5, 5.41) is 8.02. The molecule has 0 radical (unpaired) electrons. The van der Waals surface area contributed by atoms with Gasteiger partial charge in [-0.25, -0.2) is 4.98 Å². The second-order valence-electron chi connectivity index (χ2n) is 2.57.